The van der Waals surface area contributed by atoms with Crippen LogP contribution in [0.4, 0.5) is 5.69 Å². The molecule has 0 N–H and O–H groups in total. The fraction of sp³-hybridized carbons (Fsp3) is 0.222. The lowest BCUT2D eigenvalue weighted by Crippen LogP contribution is -2.47. The van der Waals surface area contributed by atoms with Crippen LogP contribution in [0.15, 0.2) is 72.8 Å². The van der Waals surface area contributed by atoms with Crippen LogP contribution in [0.25, 0.3) is 0 Å². The SMILES string of the molecule is Cc1ccc(N2C(=O)CC(N(CCc3cccc(Cl)c3)C(=O)Cc3ccc(Cl)cc3)C2=O)cc1. The van der Waals surface area contributed by atoms with Crippen LogP contribution in [0.2, 0.25) is 10.0 Å². The number of nitrogens with zero attached hydrogens (tertiary/aromatic N) is 2. The van der Waals surface area contributed by atoms with Crippen molar-refractivity contribution in [3.8, 4) is 0 Å². The van der Waals surface area contributed by atoms with Crippen LogP contribution in [0.3, 0.4) is 0 Å². The van der Waals surface area contributed by atoms with Gasteiger partial charge in [0.2, 0.25) is 11.8 Å². The van der Waals surface area contributed by atoms with Crippen molar-refractivity contribution < 1.29 is 14.4 Å². The van der Waals surface area contributed by atoms with E-state index >= 15 is 0 Å². The van der Waals surface area contributed by atoms with E-state index in [-0.39, 0.29) is 37.1 Å². The topological polar surface area (TPSA) is 57.7 Å². The Hall–Kier alpha value is -3.15. The Balaban J connectivity index is 1.58. The average Bonchev–Trinajstić information content (AvgIpc) is 3.10. The Morgan fingerprint density at radius 3 is 2.32 bits per heavy atom. The summed E-state index contributed by atoms with van der Waals surface area (Å²) in [5, 5.41) is 1.19. The van der Waals surface area contributed by atoms with Gasteiger partial charge in [0.15, 0.2) is 0 Å². The summed E-state index contributed by atoms with van der Waals surface area (Å²) in [5.41, 5.74) is 3.28. The van der Waals surface area contributed by atoms with Crippen molar-refractivity contribution in [1.82, 2.24) is 4.90 Å². The summed E-state index contributed by atoms with van der Waals surface area (Å²) in [7, 11) is 0. The van der Waals surface area contributed by atoms with Crippen molar-refractivity contribution in [2.24, 2.45) is 0 Å². The maximum Gasteiger partial charge on any atom is 0.257 e. The molecule has 3 aromatic rings. The summed E-state index contributed by atoms with van der Waals surface area (Å²) in [4.78, 5) is 42.4. The first-order chi connectivity index (χ1) is 16.3. The lowest BCUT2D eigenvalue weighted by molar-refractivity contribution is -0.137. The Kier molecular flexibility index (Phi) is 7.35. The number of rotatable bonds is 7. The van der Waals surface area contributed by atoms with E-state index in [1.165, 1.54) is 9.80 Å². The van der Waals surface area contributed by atoms with Crippen molar-refractivity contribution in [3.63, 3.8) is 0 Å². The zero-order valence-corrected chi connectivity index (χ0v) is 20.2. The van der Waals surface area contributed by atoms with Gasteiger partial charge in [-0.2, -0.15) is 0 Å². The molecule has 1 fully saturated rings. The highest BCUT2D eigenvalue weighted by Gasteiger charge is 2.44. The third-order valence-electron chi connectivity index (χ3n) is 5.91. The number of carbonyl (C=O) groups excluding carboxylic acids is 3. The van der Waals surface area contributed by atoms with Crippen molar-refractivity contribution in [2.45, 2.75) is 32.2 Å². The molecule has 0 radical (unpaired) electrons. The number of carbonyl (C=O) groups is 3. The molecule has 0 bridgehead atoms. The minimum absolute atomic E-state index is 0.0470. The molecule has 0 aliphatic carbocycles. The summed E-state index contributed by atoms with van der Waals surface area (Å²) >= 11 is 12.1. The van der Waals surface area contributed by atoms with Crippen LogP contribution in [-0.2, 0) is 27.2 Å². The van der Waals surface area contributed by atoms with Gasteiger partial charge < -0.3 is 4.90 Å². The number of hydrogen-bond donors (Lipinski definition) is 0. The highest BCUT2D eigenvalue weighted by molar-refractivity contribution is 6.30. The van der Waals surface area contributed by atoms with Gasteiger partial charge in [-0.05, 0) is 60.9 Å². The zero-order chi connectivity index (χ0) is 24.2. The van der Waals surface area contributed by atoms with Crippen LogP contribution in [0.5, 0.6) is 0 Å². The molecule has 4 rings (SSSR count). The number of amides is 3. The van der Waals surface area contributed by atoms with E-state index < -0.39 is 6.04 Å². The number of hydrogen-bond acceptors (Lipinski definition) is 3. The van der Waals surface area contributed by atoms with Crippen LogP contribution in [-0.4, -0.2) is 35.2 Å². The van der Waals surface area contributed by atoms with E-state index in [2.05, 4.69) is 0 Å². The van der Waals surface area contributed by atoms with Crippen molar-refractivity contribution >= 4 is 46.6 Å². The molecule has 174 valence electrons. The first-order valence-electron chi connectivity index (χ1n) is 11.0. The van der Waals surface area contributed by atoms with E-state index in [1.807, 2.05) is 37.3 Å². The third kappa shape index (κ3) is 5.49. The van der Waals surface area contributed by atoms with Gasteiger partial charge in [-0.15, -0.1) is 0 Å². The first kappa shape index (κ1) is 24.0. The molecule has 0 aromatic heterocycles. The summed E-state index contributed by atoms with van der Waals surface area (Å²) in [6.45, 7) is 2.23. The monoisotopic (exact) mass is 494 g/mol. The maximum absolute atomic E-state index is 13.4. The van der Waals surface area contributed by atoms with E-state index in [0.29, 0.717) is 22.2 Å². The molecule has 7 heteroatoms. The largest absolute Gasteiger partial charge is 0.329 e. The highest BCUT2D eigenvalue weighted by atomic mass is 35.5. The molecule has 0 spiro atoms. The molecule has 1 atom stereocenters. The molecule has 1 aliphatic rings. The smallest absolute Gasteiger partial charge is 0.257 e. The Morgan fingerprint density at radius 1 is 0.941 bits per heavy atom. The van der Waals surface area contributed by atoms with Gasteiger partial charge in [-0.3, -0.25) is 14.4 Å². The fourth-order valence-electron chi connectivity index (χ4n) is 4.10. The normalized spacial score (nSPS) is 15.6. The molecule has 3 amide bonds. The Morgan fingerprint density at radius 2 is 1.65 bits per heavy atom. The quantitative estimate of drug-likeness (QED) is 0.421. The number of halogens is 2. The molecule has 3 aromatic carbocycles. The number of benzene rings is 3. The van der Waals surface area contributed by atoms with E-state index in [9.17, 15) is 14.4 Å². The molecule has 1 heterocycles. The second-order valence-electron chi connectivity index (χ2n) is 8.39. The van der Waals surface area contributed by atoms with Crippen molar-refractivity contribution in [1.29, 1.82) is 0 Å². The van der Waals surface area contributed by atoms with Crippen molar-refractivity contribution in [3.05, 3.63) is 99.5 Å². The van der Waals surface area contributed by atoms with Crippen LogP contribution in [0.1, 0.15) is 23.1 Å². The van der Waals surface area contributed by atoms with Gasteiger partial charge in [0, 0.05) is 16.6 Å². The zero-order valence-electron chi connectivity index (χ0n) is 18.7. The molecule has 1 aliphatic heterocycles. The standard InChI is InChI=1S/C27H24Cl2N2O3/c1-18-5-11-23(12-6-18)31-26(33)17-24(27(31)34)30(14-13-19-3-2-4-22(29)15-19)25(32)16-20-7-9-21(28)10-8-20/h2-12,15,24H,13-14,16-17H2,1H3. The van der Waals surface area contributed by atoms with Gasteiger partial charge in [-0.1, -0.05) is 65.2 Å². The predicted molar refractivity (Wildman–Crippen MR) is 134 cm³/mol. The van der Waals surface area contributed by atoms with E-state index in [4.69, 9.17) is 23.2 Å². The summed E-state index contributed by atoms with van der Waals surface area (Å²) in [6.07, 6.45) is 0.569. The van der Waals surface area contributed by atoms with Crippen LogP contribution < -0.4 is 4.90 Å². The average molecular weight is 495 g/mol. The second-order valence-corrected chi connectivity index (χ2v) is 9.27. The molecular weight excluding hydrogens is 471 g/mol. The molecule has 1 unspecified atom stereocenters. The fourth-order valence-corrected chi connectivity index (χ4v) is 4.44. The Bertz CT molecular complexity index is 1210. The molecule has 5 nitrogen and oxygen atoms in total. The van der Waals surface area contributed by atoms with Crippen molar-refractivity contribution in [2.75, 3.05) is 11.4 Å². The number of aryl methyl sites for hydroxylation is 1. The lowest BCUT2D eigenvalue weighted by Gasteiger charge is -2.28. The summed E-state index contributed by atoms with van der Waals surface area (Å²) < 4.78 is 0. The summed E-state index contributed by atoms with van der Waals surface area (Å²) in [5.74, 6) is -0.920. The van der Waals surface area contributed by atoms with Gasteiger partial charge >= 0.3 is 0 Å². The molecular formula is C27H24Cl2N2O3. The highest BCUT2D eigenvalue weighted by Crippen LogP contribution is 2.27. The lowest BCUT2D eigenvalue weighted by atomic mass is 10.1. The van der Waals surface area contributed by atoms with Gasteiger partial charge in [0.1, 0.15) is 6.04 Å². The van der Waals surface area contributed by atoms with Gasteiger partial charge in [0.25, 0.3) is 5.91 Å². The predicted octanol–water partition coefficient (Wildman–Crippen LogP) is 5.25. The minimum atomic E-state index is -0.854. The molecule has 34 heavy (non-hydrogen) atoms. The number of imide groups is 1. The molecule has 1 saturated heterocycles. The summed E-state index contributed by atoms with van der Waals surface area (Å²) in [6, 6.07) is 20.8. The minimum Gasteiger partial charge on any atom is -0.329 e. The number of anilines is 1. The second kappa shape index (κ2) is 10.4. The maximum atomic E-state index is 13.4. The molecule has 0 saturated carbocycles. The van der Waals surface area contributed by atoms with E-state index in [1.54, 1.807) is 42.5 Å². The van der Waals surface area contributed by atoms with Crippen LogP contribution >= 0.6 is 23.2 Å². The van der Waals surface area contributed by atoms with Gasteiger partial charge in [0.05, 0.1) is 18.5 Å². The van der Waals surface area contributed by atoms with E-state index in [0.717, 1.165) is 16.7 Å². The van der Waals surface area contributed by atoms with Crippen LogP contribution in [0, 0.1) is 6.92 Å². The Labute approximate surface area is 208 Å². The first-order valence-corrected chi connectivity index (χ1v) is 11.8. The van der Waals surface area contributed by atoms with Gasteiger partial charge in [-0.25, -0.2) is 4.90 Å². The third-order valence-corrected chi connectivity index (χ3v) is 6.40.